The molecule has 0 fully saturated rings. The van der Waals surface area contributed by atoms with Crippen molar-refractivity contribution in [2.45, 2.75) is 39.5 Å². The molecule has 0 radical (unpaired) electrons. The van der Waals surface area contributed by atoms with E-state index in [2.05, 4.69) is 16.0 Å². The molecule has 1 unspecified atom stereocenters. The Kier molecular flexibility index (Phi) is 9.27. The minimum Gasteiger partial charge on any atom is -0.495 e. The largest absolute Gasteiger partial charge is 0.495 e. The van der Waals surface area contributed by atoms with Crippen molar-refractivity contribution in [3.63, 3.8) is 0 Å². The number of ether oxygens (including phenoxy) is 2. The van der Waals surface area contributed by atoms with Crippen molar-refractivity contribution in [1.82, 2.24) is 0 Å². The average molecular weight is 545 g/mol. The molecule has 3 aromatic rings. The number of benzene rings is 3. The summed E-state index contributed by atoms with van der Waals surface area (Å²) in [6, 6.07) is 18.3. The minimum absolute atomic E-state index is 0.00406. The molecule has 0 spiro atoms. The standard InChI is InChI=1S/C31H36N4O5/c1-5-40-30(37)16-21(3)23-11-13-27-26(19-23)32-14-15-35(27)29(36)18-22-10-12-25(28(17-22)39-4)34-31(38)33-24-9-7-6-8-20(24)2/h6-13,17,19,21,32H,5,14-16,18H2,1-4H3,(H2,33,34,38). The molecule has 3 aromatic carbocycles. The molecule has 9 heteroatoms. The average Bonchev–Trinajstić information content (AvgIpc) is 2.94. The highest BCUT2D eigenvalue weighted by Crippen LogP contribution is 2.34. The van der Waals surface area contributed by atoms with E-state index in [0.717, 1.165) is 33.8 Å². The number of hydrogen-bond donors (Lipinski definition) is 3. The summed E-state index contributed by atoms with van der Waals surface area (Å²) >= 11 is 0. The van der Waals surface area contributed by atoms with Gasteiger partial charge in [-0.05, 0) is 66.8 Å². The van der Waals surface area contributed by atoms with Gasteiger partial charge in [0.2, 0.25) is 5.91 Å². The van der Waals surface area contributed by atoms with Gasteiger partial charge in [0.05, 0.1) is 43.6 Å². The number of carbonyl (C=O) groups is 3. The molecule has 1 aliphatic heterocycles. The highest BCUT2D eigenvalue weighted by atomic mass is 16.5. The van der Waals surface area contributed by atoms with E-state index in [9.17, 15) is 14.4 Å². The molecule has 0 saturated carbocycles. The number of nitrogens with one attached hydrogen (secondary N) is 3. The number of methoxy groups -OCH3 is 1. The number of fused-ring (bicyclic) bond motifs is 1. The SMILES string of the molecule is CCOC(=O)CC(C)c1ccc2c(c1)NCCN2C(=O)Cc1ccc(NC(=O)Nc2ccccc2C)c(OC)c1. The van der Waals surface area contributed by atoms with Gasteiger partial charge in [0.15, 0.2) is 0 Å². The fraction of sp³-hybridized carbons (Fsp3) is 0.323. The van der Waals surface area contributed by atoms with Crippen LogP contribution < -0.4 is 25.6 Å². The Morgan fingerprint density at radius 3 is 2.55 bits per heavy atom. The van der Waals surface area contributed by atoms with E-state index in [1.807, 2.05) is 62.4 Å². The number of carbonyl (C=O) groups excluding carboxylic acids is 3. The van der Waals surface area contributed by atoms with Crippen LogP contribution in [0.15, 0.2) is 60.7 Å². The summed E-state index contributed by atoms with van der Waals surface area (Å²) in [4.78, 5) is 39.6. The first-order valence-corrected chi connectivity index (χ1v) is 13.4. The summed E-state index contributed by atoms with van der Waals surface area (Å²) < 4.78 is 10.6. The predicted octanol–water partition coefficient (Wildman–Crippen LogP) is 5.71. The number of para-hydroxylation sites is 1. The lowest BCUT2D eigenvalue weighted by atomic mass is 9.96. The summed E-state index contributed by atoms with van der Waals surface area (Å²) in [5.41, 5.74) is 5.63. The van der Waals surface area contributed by atoms with Crippen molar-refractivity contribution in [3.05, 3.63) is 77.4 Å². The zero-order valence-corrected chi connectivity index (χ0v) is 23.4. The molecule has 0 aliphatic carbocycles. The molecule has 1 aliphatic rings. The van der Waals surface area contributed by atoms with E-state index in [1.165, 1.54) is 7.11 Å². The Labute approximate surface area is 234 Å². The van der Waals surface area contributed by atoms with Gasteiger partial charge in [0, 0.05) is 18.8 Å². The van der Waals surface area contributed by atoms with Crippen molar-refractivity contribution in [2.24, 2.45) is 0 Å². The molecule has 3 amide bonds. The summed E-state index contributed by atoms with van der Waals surface area (Å²) in [5, 5.41) is 9.03. The maximum atomic E-state index is 13.4. The molecule has 0 bridgehead atoms. The number of aryl methyl sites for hydroxylation is 1. The van der Waals surface area contributed by atoms with Crippen LogP contribution >= 0.6 is 0 Å². The third-order valence-corrected chi connectivity index (χ3v) is 6.87. The zero-order valence-electron chi connectivity index (χ0n) is 23.4. The molecule has 4 rings (SSSR count). The third kappa shape index (κ3) is 6.91. The third-order valence-electron chi connectivity index (χ3n) is 6.87. The summed E-state index contributed by atoms with van der Waals surface area (Å²) in [7, 11) is 1.53. The number of hydrogen-bond acceptors (Lipinski definition) is 6. The van der Waals surface area contributed by atoms with Gasteiger partial charge in [0.1, 0.15) is 5.75 Å². The molecule has 3 N–H and O–H groups in total. The van der Waals surface area contributed by atoms with Crippen LogP contribution in [0.4, 0.5) is 27.5 Å². The summed E-state index contributed by atoms with van der Waals surface area (Å²) in [6.45, 7) is 7.23. The maximum Gasteiger partial charge on any atom is 0.323 e. The smallest absolute Gasteiger partial charge is 0.323 e. The molecular formula is C31H36N4O5. The first kappa shape index (κ1) is 28.5. The van der Waals surface area contributed by atoms with E-state index >= 15 is 0 Å². The lowest BCUT2D eigenvalue weighted by molar-refractivity contribution is -0.143. The monoisotopic (exact) mass is 544 g/mol. The lowest BCUT2D eigenvalue weighted by Gasteiger charge is -2.31. The molecule has 1 atom stereocenters. The van der Waals surface area contributed by atoms with Crippen LogP contribution in [0.5, 0.6) is 5.75 Å². The van der Waals surface area contributed by atoms with E-state index in [0.29, 0.717) is 37.6 Å². The van der Waals surface area contributed by atoms with Crippen molar-refractivity contribution in [1.29, 1.82) is 0 Å². The normalized spacial score (nSPS) is 12.9. The molecule has 9 nitrogen and oxygen atoms in total. The van der Waals surface area contributed by atoms with Crippen molar-refractivity contribution in [3.8, 4) is 5.75 Å². The molecule has 1 heterocycles. The van der Waals surface area contributed by atoms with Gasteiger partial charge in [-0.1, -0.05) is 37.3 Å². The molecular weight excluding hydrogens is 508 g/mol. The van der Waals surface area contributed by atoms with Gasteiger partial charge in [-0.3, -0.25) is 9.59 Å². The number of amides is 3. The fourth-order valence-corrected chi connectivity index (χ4v) is 4.71. The van der Waals surface area contributed by atoms with Gasteiger partial charge < -0.3 is 30.3 Å². The van der Waals surface area contributed by atoms with Crippen molar-refractivity contribution >= 4 is 40.7 Å². The first-order chi connectivity index (χ1) is 19.3. The van der Waals surface area contributed by atoms with E-state index in [4.69, 9.17) is 9.47 Å². The van der Waals surface area contributed by atoms with Crippen molar-refractivity contribution < 1.29 is 23.9 Å². The molecule has 0 saturated heterocycles. The topological polar surface area (TPSA) is 109 Å². The number of urea groups is 1. The van der Waals surface area contributed by atoms with Crippen LogP contribution in [0.3, 0.4) is 0 Å². The molecule has 210 valence electrons. The lowest BCUT2D eigenvalue weighted by Crippen LogP contribution is -2.39. The number of anilines is 4. The number of rotatable bonds is 9. The van der Waals surface area contributed by atoms with E-state index in [-0.39, 0.29) is 30.2 Å². The molecule has 0 aromatic heterocycles. The number of esters is 1. The summed E-state index contributed by atoms with van der Waals surface area (Å²) in [5.74, 6) is 0.193. The quantitative estimate of drug-likeness (QED) is 0.298. The second kappa shape index (κ2) is 13.0. The number of nitrogens with zero attached hydrogens (tertiary/aromatic N) is 1. The zero-order chi connectivity index (χ0) is 28.6. The summed E-state index contributed by atoms with van der Waals surface area (Å²) in [6.07, 6.45) is 0.474. The van der Waals surface area contributed by atoms with Crippen LogP contribution in [0.25, 0.3) is 0 Å². The van der Waals surface area contributed by atoms with Crippen molar-refractivity contribution in [2.75, 3.05) is 47.7 Å². The highest BCUT2D eigenvalue weighted by molar-refractivity contribution is 6.01. The Bertz CT molecular complexity index is 1390. The minimum atomic E-state index is -0.384. The fourth-order valence-electron chi connectivity index (χ4n) is 4.71. The van der Waals surface area contributed by atoms with Gasteiger partial charge in [-0.15, -0.1) is 0 Å². The Hall–Kier alpha value is -4.53. The first-order valence-electron chi connectivity index (χ1n) is 13.4. The van der Waals surface area contributed by atoms with Gasteiger partial charge >= 0.3 is 12.0 Å². The van der Waals surface area contributed by atoms with Crippen LogP contribution in [0, 0.1) is 6.92 Å². The van der Waals surface area contributed by atoms with Gasteiger partial charge in [-0.25, -0.2) is 4.79 Å². The Morgan fingerprint density at radius 1 is 1.02 bits per heavy atom. The van der Waals surface area contributed by atoms with Crippen LogP contribution in [-0.2, 0) is 20.7 Å². The Morgan fingerprint density at radius 2 is 1.80 bits per heavy atom. The highest BCUT2D eigenvalue weighted by Gasteiger charge is 2.24. The van der Waals surface area contributed by atoms with Gasteiger partial charge in [-0.2, -0.15) is 0 Å². The maximum absolute atomic E-state index is 13.4. The molecule has 40 heavy (non-hydrogen) atoms. The van der Waals surface area contributed by atoms with Crippen LogP contribution in [0.2, 0.25) is 0 Å². The van der Waals surface area contributed by atoms with E-state index in [1.54, 1.807) is 24.0 Å². The van der Waals surface area contributed by atoms with Gasteiger partial charge in [0.25, 0.3) is 0 Å². The van der Waals surface area contributed by atoms with Crippen LogP contribution in [0.1, 0.15) is 42.9 Å². The van der Waals surface area contributed by atoms with E-state index < -0.39 is 0 Å². The Balaban J connectivity index is 1.43. The second-order valence-corrected chi connectivity index (χ2v) is 9.76. The predicted molar refractivity (Wildman–Crippen MR) is 157 cm³/mol. The second-order valence-electron chi connectivity index (χ2n) is 9.76. The van der Waals surface area contributed by atoms with Crippen LogP contribution in [-0.4, -0.2) is 44.7 Å².